The second-order valence-corrected chi connectivity index (χ2v) is 7.07. The molecule has 0 fully saturated rings. The fraction of sp³-hybridized carbons (Fsp3) is 0.143. The monoisotopic (exact) mass is 380 g/mol. The number of anilines is 1. The number of carbonyl (C=O) groups excluding carboxylic acids is 2. The number of ether oxygens (including phenoxy) is 1. The molecule has 1 aromatic heterocycles. The van der Waals surface area contributed by atoms with Crippen LogP contribution >= 0.6 is 11.8 Å². The first-order valence-electron chi connectivity index (χ1n) is 8.49. The minimum Gasteiger partial charge on any atom is -0.448 e. The Hall–Kier alpha value is -2.99. The van der Waals surface area contributed by atoms with Gasteiger partial charge in [-0.2, -0.15) is 0 Å². The van der Waals surface area contributed by atoms with Gasteiger partial charge in [-0.15, -0.1) is 0 Å². The van der Waals surface area contributed by atoms with Gasteiger partial charge < -0.3 is 14.6 Å². The molecular weight excluding hydrogens is 360 g/mol. The Bertz CT molecular complexity index is 937. The fourth-order valence-corrected chi connectivity index (χ4v) is 3.38. The molecule has 3 aromatic rings. The van der Waals surface area contributed by atoms with E-state index >= 15 is 0 Å². The van der Waals surface area contributed by atoms with Crippen LogP contribution in [0.2, 0.25) is 0 Å². The number of para-hydroxylation sites is 1. The number of aromatic nitrogens is 1. The third-order valence-electron chi connectivity index (χ3n) is 3.92. The van der Waals surface area contributed by atoms with Gasteiger partial charge in [0.25, 0.3) is 5.91 Å². The van der Waals surface area contributed by atoms with Crippen LogP contribution in [0.1, 0.15) is 17.4 Å². The Morgan fingerprint density at radius 1 is 1.00 bits per heavy atom. The van der Waals surface area contributed by atoms with Gasteiger partial charge in [-0.05, 0) is 43.3 Å². The van der Waals surface area contributed by atoms with E-state index in [-0.39, 0.29) is 5.91 Å². The maximum Gasteiger partial charge on any atom is 0.355 e. The summed E-state index contributed by atoms with van der Waals surface area (Å²) in [7, 11) is 1.75. The maximum atomic E-state index is 12.5. The Labute approximate surface area is 162 Å². The lowest BCUT2D eigenvalue weighted by molar-refractivity contribution is -0.123. The molecule has 6 heteroatoms. The van der Waals surface area contributed by atoms with E-state index in [1.54, 1.807) is 48.6 Å². The predicted octanol–water partition coefficient (Wildman–Crippen LogP) is 4.36. The van der Waals surface area contributed by atoms with Gasteiger partial charge in [0.05, 0.1) is 5.69 Å². The normalized spacial score (nSPS) is 11.6. The minimum absolute atomic E-state index is 0.376. The van der Waals surface area contributed by atoms with E-state index < -0.39 is 12.1 Å². The van der Waals surface area contributed by atoms with Crippen LogP contribution in [0.3, 0.4) is 0 Å². The number of esters is 1. The molecule has 2 aromatic carbocycles. The van der Waals surface area contributed by atoms with Crippen molar-refractivity contribution >= 4 is 29.3 Å². The van der Waals surface area contributed by atoms with Gasteiger partial charge in [0.15, 0.2) is 6.10 Å². The van der Waals surface area contributed by atoms with E-state index in [0.717, 1.165) is 9.79 Å². The van der Waals surface area contributed by atoms with Crippen molar-refractivity contribution in [2.45, 2.75) is 22.8 Å². The second-order valence-electron chi connectivity index (χ2n) is 5.95. The van der Waals surface area contributed by atoms with Crippen LogP contribution < -0.4 is 5.32 Å². The molecule has 0 radical (unpaired) electrons. The van der Waals surface area contributed by atoms with Gasteiger partial charge in [-0.3, -0.25) is 4.79 Å². The zero-order chi connectivity index (χ0) is 19.2. The van der Waals surface area contributed by atoms with Crippen LogP contribution in [0.15, 0.2) is 82.7 Å². The molecule has 0 spiro atoms. The Morgan fingerprint density at radius 3 is 2.41 bits per heavy atom. The molecule has 1 heterocycles. The number of benzene rings is 2. The molecular formula is C21H20N2O3S. The summed E-state index contributed by atoms with van der Waals surface area (Å²) in [6.07, 6.45) is 0.834. The minimum atomic E-state index is -0.915. The van der Waals surface area contributed by atoms with Crippen molar-refractivity contribution in [1.82, 2.24) is 4.57 Å². The number of nitrogens with zero attached hydrogens (tertiary/aromatic N) is 1. The summed E-state index contributed by atoms with van der Waals surface area (Å²) in [6, 6.07) is 20.8. The van der Waals surface area contributed by atoms with E-state index in [1.165, 1.54) is 0 Å². The molecule has 0 aliphatic heterocycles. The highest BCUT2D eigenvalue weighted by molar-refractivity contribution is 7.99. The van der Waals surface area contributed by atoms with Crippen molar-refractivity contribution in [2.24, 2.45) is 7.05 Å². The van der Waals surface area contributed by atoms with Gasteiger partial charge in [-0.1, -0.05) is 42.1 Å². The molecule has 138 valence electrons. The Morgan fingerprint density at radius 2 is 1.70 bits per heavy atom. The fourth-order valence-electron chi connectivity index (χ4n) is 2.46. The molecule has 0 saturated carbocycles. The van der Waals surface area contributed by atoms with E-state index in [0.29, 0.717) is 11.4 Å². The first kappa shape index (κ1) is 18.8. The van der Waals surface area contributed by atoms with Crippen molar-refractivity contribution in [1.29, 1.82) is 0 Å². The zero-order valence-electron chi connectivity index (χ0n) is 15.1. The van der Waals surface area contributed by atoms with Gasteiger partial charge in [0.2, 0.25) is 0 Å². The third-order valence-corrected chi connectivity index (χ3v) is 5.01. The Balaban J connectivity index is 1.67. The van der Waals surface area contributed by atoms with Crippen LogP contribution in [0.5, 0.6) is 0 Å². The number of aryl methyl sites for hydroxylation is 1. The van der Waals surface area contributed by atoms with E-state index in [2.05, 4.69) is 5.32 Å². The third kappa shape index (κ3) is 4.80. The number of hydrogen-bond donors (Lipinski definition) is 1. The summed E-state index contributed by atoms with van der Waals surface area (Å²) in [5.41, 5.74) is 1.08. The quantitative estimate of drug-likeness (QED) is 0.646. The molecule has 3 rings (SSSR count). The molecule has 0 aliphatic rings. The number of hydrogen-bond acceptors (Lipinski definition) is 4. The van der Waals surface area contributed by atoms with Crippen LogP contribution in [0.4, 0.5) is 5.69 Å². The lowest BCUT2D eigenvalue weighted by Gasteiger charge is -2.15. The average molecular weight is 380 g/mol. The predicted molar refractivity (Wildman–Crippen MR) is 106 cm³/mol. The highest BCUT2D eigenvalue weighted by Gasteiger charge is 2.21. The topological polar surface area (TPSA) is 60.3 Å². The molecule has 27 heavy (non-hydrogen) atoms. The molecule has 0 saturated heterocycles. The Kier molecular flexibility index (Phi) is 5.98. The van der Waals surface area contributed by atoms with E-state index in [9.17, 15) is 9.59 Å². The second kappa shape index (κ2) is 8.60. The van der Waals surface area contributed by atoms with Gasteiger partial charge in [0, 0.05) is 23.0 Å². The molecule has 0 aliphatic carbocycles. The van der Waals surface area contributed by atoms with Crippen molar-refractivity contribution < 1.29 is 14.3 Å². The van der Waals surface area contributed by atoms with Gasteiger partial charge >= 0.3 is 5.97 Å². The molecule has 0 bridgehead atoms. The first-order chi connectivity index (χ1) is 13.0. The summed E-state index contributed by atoms with van der Waals surface area (Å²) in [6.45, 7) is 1.56. The molecule has 5 nitrogen and oxygen atoms in total. The number of nitrogens with one attached hydrogen (secondary N) is 1. The maximum absolute atomic E-state index is 12.5. The standard InChI is InChI=1S/C21H20N2O3S/c1-15(26-21(25)18-12-8-14-23(18)2)20(24)22-17-11-6-7-13-19(17)27-16-9-4-3-5-10-16/h3-15H,1-2H3,(H,22,24)/t15-/m1/s1. The first-order valence-corrected chi connectivity index (χ1v) is 9.31. The number of rotatable bonds is 6. The summed E-state index contributed by atoms with van der Waals surface area (Å²) in [5.74, 6) is -0.907. The highest BCUT2D eigenvalue weighted by Crippen LogP contribution is 2.33. The van der Waals surface area contributed by atoms with Gasteiger partial charge in [0.1, 0.15) is 5.69 Å². The molecule has 1 N–H and O–H groups in total. The summed E-state index contributed by atoms with van der Waals surface area (Å²) < 4.78 is 6.94. The van der Waals surface area contributed by atoms with E-state index in [1.807, 2.05) is 54.6 Å². The molecule has 1 amide bonds. The van der Waals surface area contributed by atoms with Crippen molar-refractivity contribution in [3.8, 4) is 0 Å². The summed E-state index contributed by atoms with van der Waals surface area (Å²) >= 11 is 1.56. The largest absolute Gasteiger partial charge is 0.448 e. The highest BCUT2D eigenvalue weighted by atomic mass is 32.2. The van der Waals surface area contributed by atoms with Crippen molar-refractivity contribution in [3.63, 3.8) is 0 Å². The number of amides is 1. The van der Waals surface area contributed by atoms with E-state index in [4.69, 9.17) is 4.74 Å². The molecule has 1 atom stereocenters. The summed E-state index contributed by atoms with van der Waals surface area (Å²) in [4.78, 5) is 26.7. The lowest BCUT2D eigenvalue weighted by atomic mass is 10.3. The van der Waals surface area contributed by atoms with Crippen LogP contribution in [0.25, 0.3) is 0 Å². The smallest absolute Gasteiger partial charge is 0.355 e. The lowest BCUT2D eigenvalue weighted by Crippen LogP contribution is -2.30. The van der Waals surface area contributed by atoms with Crippen LogP contribution in [-0.2, 0) is 16.6 Å². The van der Waals surface area contributed by atoms with Gasteiger partial charge in [-0.25, -0.2) is 4.79 Å². The SMILES string of the molecule is C[C@@H](OC(=O)c1cccn1C)C(=O)Nc1ccccc1Sc1ccccc1. The van der Waals surface area contributed by atoms with Crippen molar-refractivity contribution in [2.75, 3.05) is 5.32 Å². The summed E-state index contributed by atoms with van der Waals surface area (Å²) in [5, 5.41) is 2.85. The number of carbonyl (C=O) groups is 2. The zero-order valence-corrected chi connectivity index (χ0v) is 15.9. The van der Waals surface area contributed by atoms with Crippen LogP contribution in [0, 0.1) is 0 Å². The van der Waals surface area contributed by atoms with Crippen LogP contribution in [-0.4, -0.2) is 22.5 Å². The molecule has 0 unspecified atom stereocenters. The van der Waals surface area contributed by atoms with Crippen molar-refractivity contribution in [3.05, 3.63) is 78.6 Å². The average Bonchev–Trinajstić information content (AvgIpc) is 3.10.